The van der Waals surface area contributed by atoms with Gasteiger partial charge in [0.05, 0.1) is 11.3 Å². The SMILES string of the molecule is CSP(=O)([O-])SCn1nnc2ccccc2c1=O.[Na+]. The van der Waals surface area contributed by atoms with Gasteiger partial charge in [-0.05, 0) is 18.4 Å². The molecule has 0 aliphatic rings. The molecule has 0 radical (unpaired) electrons. The summed E-state index contributed by atoms with van der Waals surface area (Å²) in [5, 5.41) is 8.01. The Hall–Kier alpha value is 0.180. The maximum Gasteiger partial charge on any atom is 1.00 e. The summed E-state index contributed by atoms with van der Waals surface area (Å²) in [5.74, 6) is -3.62. The third-order valence-electron chi connectivity index (χ3n) is 2.19. The largest absolute Gasteiger partial charge is 1.00 e. The van der Waals surface area contributed by atoms with Crippen molar-refractivity contribution < 1.29 is 39.0 Å². The Morgan fingerprint density at radius 1 is 1.42 bits per heavy atom. The Morgan fingerprint density at radius 2 is 2.11 bits per heavy atom. The Labute approximate surface area is 139 Å². The van der Waals surface area contributed by atoms with E-state index in [9.17, 15) is 14.3 Å². The molecule has 0 bridgehead atoms. The number of fused-ring (bicyclic) bond motifs is 1. The number of rotatable bonds is 4. The molecule has 2 aromatic rings. The molecule has 1 heterocycles. The normalized spacial score (nSPS) is 13.8. The average molecular weight is 325 g/mol. The molecule has 19 heavy (non-hydrogen) atoms. The van der Waals surface area contributed by atoms with Crippen LogP contribution in [-0.4, -0.2) is 21.2 Å². The molecule has 6 nitrogen and oxygen atoms in total. The van der Waals surface area contributed by atoms with Crippen LogP contribution in [0.5, 0.6) is 0 Å². The van der Waals surface area contributed by atoms with Gasteiger partial charge in [0, 0.05) is 0 Å². The first-order valence-corrected chi connectivity index (χ1v) is 9.92. The van der Waals surface area contributed by atoms with E-state index in [4.69, 9.17) is 0 Å². The monoisotopic (exact) mass is 325 g/mol. The molecule has 0 spiro atoms. The zero-order valence-electron chi connectivity index (χ0n) is 10.3. The Bertz CT molecular complexity index is 681. The van der Waals surface area contributed by atoms with E-state index >= 15 is 0 Å². The zero-order chi connectivity index (χ0) is 13.2. The van der Waals surface area contributed by atoms with Crippen LogP contribution in [0.1, 0.15) is 0 Å². The van der Waals surface area contributed by atoms with Crippen LogP contribution in [0, 0.1) is 0 Å². The van der Waals surface area contributed by atoms with Crippen molar-refractivity contribution >= 4 is 39.4 Å². The van der Waals surface area contributed by atoms with Crippen molar-refractivity contribution in [3.63, 3.8) is 0 Å². The minimum Gasteiger partial charge on any atom is -0.784 e. The van der Waals surface area contributed by atoms with Crippen molar-refractivity contribution in [1.29, 1.82) is 0 Å². The molecule has 0 aliphatic carbocycles. The zero-order valence-corrected chi connectivity index (χ0v) is 14.9. The molecule has 1 aromatic carbocycles. The van der Waals surface area contributed by atoms with Crippen molar-refractivity contribution in [2.24, 2.45) is 0 Å². The van der Waals surface area contributed by atoms with E-state index in [1.807, 2.05) is 0 Å². The fourth-order valence-corrected chi connectivity index (χ4v) is 4.25. The molecular formula is C9H9N3NaO3PS2. The predicted octanol–water partition coefficient (Wildman–Crippen LogP) is -1.68. The van der Waals surface area contributed by atoms with Gasteiger partial charge in [-0.2, -0.15) is 4.68 Å². The predicted molar refractivity (Wildman–Crippen MR) is 72.5 cm³/mol. The molecule has 0 aliphatic heterocycles. The average Bonchev–Trinajstić information content (AvgIpc) is 2.38. The first-order chi connectivity index (χ1) is 8.53. The van der Waals surface area contributed by atoms with E-state index < -0.39 is 5.77 Å². The second-order valence-corrected chi connectivity index (χ2v) is 10.5. The van der Waals surface area contributed by atoms with Crippen molar-refractivity contribution in [1.82, 2.24) is 15.0 Å². The topological polar surface area (TPSA) is 87.9 Å². The molecule has 0 N–H and O–H groups in total. The van der Waals surface area contributed by atoms with Crippen molar-refractivity contribution in [2.45, 2.75) is 5.88 Å². The number of aromatic nitrogens is 3. The first kappa shape index (κ1) is 17.2. The summed E-state index contributed by atoms with van der Waals surface area (Å²) in [5.41, 5.74) is 0.160. The Morgan fingerprint density at radius 3 is 2.79 bits per heavy atom. The van der Waals surface area contributed by atoms with Crippen molar-refractivity contribution in [2.75, 3.05) is 6.26 Å². The van der Waals surface area contributed by atoms with Crippen LogP contribution in [0.3, 0.4) is 0 Å². The second kappa shape index (κ2) is 7.26. The Balaban J connectivity index is 0.00000180. The molecule has 0 amide bonds. The number of nitrogens with zero attached hydrogens (tertiary/aromatic N) is 3. The van der Waals surface area contributed by atoms with Crippen LogP contribution in [0.25, 0.3) is 10.9 Å². The van der Waals surface area contributed by atoms with Crippen molar-refractivity contribution in [3.05, 3.63) is 34.6 Å². The fourth-order valence-electron chi connectivity index (χ4n) is 1.29. The van der Waals surface area contributed by atoms with Gasteiger partial charge in [-0.15, -0.1) is 16.5 Å². The van der Waals surface area contributed by atoms with E-state index in [0.29, 0.717) is 22.3 Å². The van der Waals surface area contributed by atoms with E-state index in [2.05, 4.69) is 10.3 Å². The number of hydrogen-bond acceptors (Lipinski definition) is 7. The number of benzene rings is 1. The van der Waals surface area contributed by atoms with Crippen LogP contribution >= 0.6 is 28.5 Å². The summed E-state index contributed by atoms with van der Waals surface area (Å²) < 4.78 is 12.4. The molecule has 10 heteroatoms. The number of hydrogen-bond donors (Lipinski definition) is 0. The van der Waals surface area contributed by atoms with Crippen molar-refractivity contribution in [3.8, 4) is 0 Å². The van der Waals surface area contributed by atoms with Gasteiger partial charge < -0.3 is 9.46 Å². The maximum atomic E-state index is 12.0. The minimum absolute atomic E-state index is 0. The summed E-state index contributed by atoms with van der Waals surface area (Å²) in [6, 6.07) is 6.80. The molecule has 96 valence electrons. The molecule has 1 atom stereocenters. The molecule has 1 aromatic heterocycles. The molecule has 0 saturated heterocycles. The summed E-state index contributed by atoms with van der Waals surface area (Å²) >= 11 is 1.43. The third-order valence-corrected chi connectivity index (χ3v) is 8.24. The van der Waals surface area contributed by atoms with Crippen LogP contribution in [0.2, 0.25) is 0 Å². The van der Waals surface area contributed by atoms with Crippen LogP contribution < -0.4 is 40.0 Å². The van der Waals surface area contributed by atoms with Crippen LogP contribution in [0.4, 0.5) is 0 Å². The maximum absolute atomic E-state index is 12.0. The summed E-state index contributed by atoms with van der Waals surface area (Å²) in [4.78, 5) is 23.3. The smallest absolute Gasteiger partial charge is 0.784 e. The van der Waals surface area contributed by atoms with E-state index in [0.717, 1.165) is 16.1 Å². The van der Waals surface area contributed by atoms with E-state index in [1.54, 1.807) is 24.3 Å². The van der Waals surface area contributed by atoms with Gasteiger partial charge in [0.25, 0.3) is 5.56 Å². The van der Waals surface area contributed by atoms with Crippen LogP contribution in [0.15, 0.2) is 29.1 Å². The van der Waals surface area contributed by atoms with Gasteiger partial charge in [-0.1, -0.05) is 28.7 Å². The summed E-state index contributed by atoms with van der Waals surface area (Å²) in [6.07, 6.45) is 1.48. The van der Waals surface area contributed by atoms with E-state index in [-0.39, 0.29) is 41.0 Å². The quantitative estimate of drug-likeness (QED) is 0.490. The van der Waals surface area contributed by atoms with Crippen LogP contribution in [-0.2, 0) is 10.4 Å². The minimum atomic E-state index is -3.56. The molecular weight excluding hydrogens is 316 g/mol. The van der Waals surface area contributed by atoms with Gasteiger partial charge in [-0.25, -0.2) is 0 Å². The van der Waals surface area contributed by atoms with Gasteiger partial charge >= 0.3 is 29.6 Å². The van der Waals surface area contributed by atoms with Gasteiger partial charge in [0.1, 0.15) is 11.3 Å². The molecule has 0 saturated carbocycles. The Kier molecular flexibility index (Phi) is 6.59. The van der Waals surface area contributed by atoms with Gasteiger partial charge in [0.15, 0.2) is 0 Å². The van der Waals surface area contributed by atoms with Gasteiger partial charge in [0.2, 0.25) is 0 Å². The summed E-state index contributed by atoms with van der Waals surface area (Å²) in [6.45, 7) is 0. The third kappa shape index (κ3) is 4.32. The standard InChI is InChI=1S/C9H10N3O3PS2.Na/c1-17-16(14,15)18-6-12-9(13)7-4-2-3-5-8(7)10-11-12;/h2-5H,6H2,1H3,(H,14,15);/q;+1/p-1. The summed E-state index contributed by atoms with van der Waals surface area (Å²) in [7, 11) is 0. The first-order valence-electron chi connectivity index (χ1n) is 4.87. The second-order valence-electron chi connectivity index (χ2n) is 3.30. The van der Waals surface area contributed by atoms with E-state index in [1.165, 1.54) is 6.26 Å². The fraction of sp³-hybridized carbons (Fsp3) is 0.222. The van der Waals surface area contributed by atoms with Gasteiger partial charge in [-0.3, -0.25) is 4.79 Å². The molecule has 1 unspecified atom stereocenters. The molecule has 2 rings (SSSR count). The molecule has 0 fully saturated rings.